The van der Waals surface area contributed by atoms with E-state index in [4.69, 9.17) is 5.73 Å². The lowest BCUT2D eigenvalue weighted by Crippen LogP contribution is -2.25. The van der Waals surface area contributed by atoms with Crippen LogP contribution in [0.1, 0.15) is 12.8 Å². The zero-order valence-electron chi connectivity index (χ0n) is 9.94. The predicted molar refractivity (Wildman–Crippen MR) is 72.9 cm³/mol. The van der Waals surface area contributed by atoms with Gasteiger partial charge in [-0.1, -0.05) is 0 Å². The SMILES string of the molecule is Nc1cc(Br)c(F)cc1N1CC2CCC(O)C2C1. The van der Waals surface area contributed by atoms with Gasteiger partial charge in [-0.05, 0) is 40.8 Å². The number of nitrogens with zero attached hydrogens (tertiary/aromatic N) is 1. The van der Waals surface area contributed by atoms with Crippen LogP contribution < -0.4 is 10.6 Å². The van der Waals surface area contributed by atoms with Gasteiger partial charge >= 0.3 is 0 Å². The molecular formula is C13H16BrFN2O. The zero-order valence-corrected chi connectivity index (χ0v) is 11.5. The zero-order chi connectivity index (χ0) is 12.9. The summed E-state index contributed by atoms with van der Waals surface area (Å²) in [7, 11) is 0. The third kappa shape index (κ3) is 1.89. The van der Waals surface area contributed by atoms with E-state index in [1.807, 2.05) is 0 Å². The first kappa shape index (κ1) is 12.2. The van der Waals surface area contributed by atoms with Crippen molar-refractivity contribution < 1.29 is 9.50 Å². The van der Waals surface area contributed by atoms with E-state index in [0.717, 1.165) is 31.6 Å². The lowest BCUT2D eigenvalue weighted by Gasteiger charge is -2.22. The molecule has 2 aliphatic rings. The summed E-state index contributed by atoms with van der Waals surface area (Å²) < 4.78 is 14.0. The number of fused-ring (bicyclic) bond motifs is 1. The highest BCUT2D eigenvalue weighted by Gasteiger charge is 2.42. The fraction of sp³-hybridized carbons (Fsp3) is 0.538. The number of aliphatic hydroxyl groups excluding tert-OH is 1. The highest BCUT2D eigenvalue weighted by atomic mass is 79.9. The maximum atomic E-state index is 13.6. The maximum Gasteiger partial charge on any atom is 0.139 e. The number of nitrogen functional groups attached to an aromatic ring is 1. The Bertz CT molecular complexity index is 482. The molecule has 18 heavy (non-hydrogen) atoms. The molecule has 1 aromatic carbocycles. The van der Waals surface area contributed by atoms with Crippen LogP contribution in [0, 0.1) is 17.7 Å². The maximum absolute atomic E-state index is 13.6. The van der Waals surface area contributed by atoms with E-state index >= 15 is 0 Å². The normalized spacial score (nSPS) is 30.8. The Balaban J connectivity index is 1.87. The first-order chi connectivity index (χ1) is 8.56. The Labute approximate surface area is 114 Å². The number of aliphatic hydroxyl groups is 1. The molecule has 3 unspecified atom stereocenters. The van der Waals surface area contributed by atoms with Crippen LogP contribution in [0.5, 0.6) is 0 Å². The molecule has 1 aliphatic carbocycles. The minimum absolute atomic E-state index is 0.207. The quantitative estimate of drug-likeness (QED) is 0.782. The van der Waals surface area contributed by atoms with Crippen LogP contribution in [0.3, 0.4) is 0 Å². The van der Waals surface area contributed by atoms with E-state index in [2.05, 4.69) is 20.8 Å². The molecule has 3 atom stereocenters. The summed E-state index contributed by atoms with van der Waals surface area (Å²) in [5, 5.41) is 9.89. The summed E-state index contributed by atoms with van der Waals surface area (Å²) in [6.45, 7) is 1.64. The number of nitrogens with two attached hydrogens (primary N) is 1. The van der Waals surface area contributed by atoms with Crippen molar-refractivity contribution in [2.24, 2.45) is 11.8 Å². The van der Waals surface area contributed by atoms with Crippen molar-refractivity contribution in [3.05, 3.63) is 22.4 Å². The standard InChI is InChI=1S/C13H16BrFN2O/c14-9-3-11(16)12(4-10(9)15)17-5-7-1-2-13(18)8(7)6-17/h3-4,7-8,13,18H,1-2,5-6,16H2. The van der Waals surface area contributed by atoms with E-state index in [-0.39, 0.29) is 11.9 Å². The lowest BCUT2D eigenvalue weighted by molar-refractivity contribution is 0.133. The average molecular weight is 315 g/mol. The summed E-state index contributed by atoms with van der Waals surface area (Å²) in [6, 6.07) is 3.09. The fourth-order valence-corrected chi connectivity index (χ4v) is 3.62. The van der Waals surface area contributed by atoms with Gasteiger partial charge in [0, 0.05) is 25.1 Å². The van der Waals surface area contributed by atoms with Gasteiger partial charge in [-0.15, -0.1) is 0 Å². The molecule has 0 spiro atoms. The molecule has 0 amide bonds. The van der Waals surface area contributed by atoms with Crippen molar-refractivity contribution in [3.63, 3.8) is 0 Å². The summed E-state index contributed by atoms with van der Waals surface area (Å²) >= 11 is 3.13. The molecule has 3 N–H and O–H groups in total. The van der Waals surface area contributed by atoms with Crippen LogP contribution in [0.15, 0.2) is 16.6 Å². The second kappa shape index (κ2) is 4.38. The molecule has 0 aromatic heterocycles. The molecule has 1 heterocycles. The number of anilines is 2. The van der Waals surface area contributed by atoms with E-state index in [1.165, 1.54) is 6.07 Å². The minimum atomic E-state index is -0.295. The first-order valence-electron chi connectivity index (χ1n) is 6.24. The molecule has 1 aliphatic heterocycles. The molecule has 1 saturated carbocycles. The molecule has 3 rings (SSSR count). The van der Waals surface area contributed by atoms with Crippen molar-refractivity contribution in [2.45, 2.75) is 18.9 Å². The third-order valence-electron chi connectivity index (χ3n) is 4.23. The molecule has 0 radical (unpaired) electrons. The van der Waals surface area contributed by atoms with Gasteiger partial charge in [-0.25, -0.2) is 4.39 Å². The van der Waals surface area contributed by atoms with Gasteiger partial charge in [0.2, 0.25) is 0 Å². The van der Waals surface area contributed by atoms with Crippen LogP contribution in [0.4, 0.5) is 15.8 Å². The van der Waals surface area contributed by atoms with E-state index < -0.39 is 0 Å². The highest BCUT2D eigenvalue weighted by Crippen LogP contribution is 2.41. The Morgan fingerprint density at radius 2 is 2.11 bits per heavy atom. The summed E-state index contributed by atoms with van der Waals surface area (Å²) in [5.41, 5.74) is 7.28. The molecule has 5 heteroatoms. The van der Waals surface area contributed by atoms with Gasteiger partial charge in [0.25, 0.3) is 0 Å². The Hall–Kier alpha value is -0.810. The smallest absolute Gasteiger partial charge is 0.139 e. The van der Waals surface area contributed by atoms with Gasteiger partial charge in [-0.2, -0.15) is 0 Å². The van der Waals surface area contributed by atoms with Crippen molar-refractivity contribution in [3.8, 4) is 0 Å². The van der Waals surface area contributed by atoms with Crippen molar-refractivity contribution in [1.82, 2.24) is 0 Å². The number of benzene rings is 1. The van der Waals surface area contributed by atoms with E-state index in [1.54, 1.807) is 6.07 Å². The second-order valence-corrected chi connectivity index (χ2v) is 6.15. The van der Waals surface area contributed by atoms with Crippen LogP contribution >= 0.6 is 15.9 Å². The largest absolute Gasteiger partial charge is 0.397 e. The molecule has 1 saturated heterocycles. The number of halogens is 2. The fourth-order valence-electron chi connectivity index (χ4n) is 3.26. The summed E-state index contributed by atoms with van der Waals surface area (Å²) in [6.07, 6.45) is 1.75. The van der Waals surface area contributed by atoms with Crippen LogP contribution in [-0.4, -0.2) is 24.3 Å². The summed E-state index contributed by atoms with van der Waals surface area (Å²) in [4.78, 5) is 2.10. The first-order valence-corrected chi connectivity index (χ1v) is 7.03. The minimum Gasteiger partial charge on any atom is -0.397 e. The monoisotopic (exact) mass is 314 g/mol. The Kier molecular flexibility index (Phi) is 2.98. The van der Waals surface area contributed by atoms with Crippen LogP contribution in [0.2, 0.25) is 0 Å². The van der Waals surface area contributed by atoms with E-state index in [9.17, 15) is 9.50 Å². The van der Waals surface area contributed by atoms with Gasteiger partial charge in [0.05, 0.1) is 22.0 Å². The lowest BCUT2D eigenvalue weighted by atomic mass is 10.00. The van der Waals surface area contributed by atoms with Gasteiger partial charge in [0.1, 0.15) is 5.82 Å². The van der Waals surface area contributed by atoms with Crippen LogP contribution in [0.25, 0.3) is 0 Å². The number of hydrogen-bond donors (Lipinski definition) is 2. The molecule has 0 bridgehead atoms. The molecule has 1 aromatic rings. The Morgan fingerprint density at radius 1 is 1.33 bits per heavy atom. The van der Waals surface area contributed by atoms with Crippen LogP contribution in [-0.2, 0) is 0 Å². The Morgan fingerprint density at radius 3 is 2.83 bits per heavy atom. The van der Waals surface area contributed by atoms with Crippen molar-refractivity contribution in [1.29, 1.82) is 0 Å². The molecule has 3 nitrogen and oxygen atoms in total. The molecular weight excluding hydrogens is 299 g/mol. The van der Waals surface area contributed by atoms with E-state index in [0.29, 0.717) is 22.0 Å². The van der Waals surface area contributed by atoms with Crippen molar-refractivity contribution >= 4 is 27.3 Å². The average Bonchev–Trinajstić information content (AvgIpc) is 2.87. The second-order valence-electron chi connectivity index (χ2n) is 5.30. The highest BCUT2D eigenvalue weighted by molar-refractivity contribution is 9.10. The predicted octanol–water partition coefficient (Wildman–Crippen LogP) is 2.38. The number of rotatable bonds is 1. The number of hydrogen-bond acceptors (Lipinski definition) is 3. The van der Waals surface area contributed by atoms with Gasteiger partial charge in [-0.3, -0.25) is 0 Å². The van der Waals surface area contributed by atoms with Gasteiger partial charge < -0.3 is 15.7 Å². The van der Waals surface area contributed by atoms with Crippen molar-refractivity contribution in [2.75, 3.05) is 23.7 Å². The topological polar surface area (TPSA) is 49.5 Å². The molecule has 98 valence electrons. The third-order valence-corrected chi connectivity index (χ3v) is 4.84. The molecule has 2 fully saturated rings. The summed E-state index contributed by atoms with van der Waals surface area (Å²) in [5.74, 6) is 0.541. The van der Waals surface area contributed by atoms with Gasteiger partial charge in [0.15, 0.2) is 0 Å².